The zero-order chi connectivity index (χ0) is 32.0. The molecule has 3 amide bonds. The summed E-state index contributed by atoms with van der Waals surface area (Å²) < 4.78 is 74.0. The molecule has 0 saturated heterocycles. The topological polar surface area (TPSA) is 134 Å². The number of Topliss-reactive ketones (excluding diaryl/α,β-unsaturated/α-hetero) is 1. The molecule has 2 aromatic rings. The average molecular weight is 642 g/mol. The zero-order valence-electron chi connectivity index (χ0n) is 22.2. The Morgan fingerprint density at radius 1 is 0.881 bits per heavy atom. The van der Waals surface area contributed by atoms with Gasteiger partial charge in [-0.2, -0.15) is 22.0 Å². The summed E-state index contributed by atoms with van der Waals surface area (Å²) in [7, 11) is 1.33. The molecule has 42 heavy (non-hydrogen) atoms. The smallest absolute Gasteiger partial charge is 0.452 e. The Kier molecular flexibility index (Phi) is 11.7. The van der Waals surface area contributed by atoms with Gasteiger partial charge in [-0.15, -0.1) is 0 Å². The standard InChI is InChI=1S/C26H26Cl2F5N3O6/c1-12(2)19(21(38)26(31,32)33)35-23(40)20(13-4-7-15(42-3)8-5-13)36-22(39)18(11-37)34-24(41)25(29,30)14-6-9-16(27)17(28)10-14/h4-10,12,18-20,37H,11H2,1-3H3,(H,34,41)(H,35,40)(H,36,39). The fraction of sp³-hybridized carbons (Fsp3) is 0.385. The lowest BCUT2D eigenvalue weighted by atomic mass is 9.97. The minimum atomic E-state index is -5.28. The summed E-state index contributed by atoms with van der Waals surface area (Å²) in [6, 6.07) is 1.93. The Morgan fingerprint density at radius 3 is 1.95 bits per heavy atom. The molecule has 0 bridgehead atoms. The lowest BCUT2D eigenvalue weighted by Gasteiger charge is -2.27. The van der Waals surface area contributed by atoms with E-state index in [0.29, 0.717) is 5.75 Å². The van der Waals surface area contributed by atoms with Gasteiger partial charge in [-0.05, 0) is 35.7 Å². The maximum absolute atomic E-state index is 14.8. The maximum Gasteiger partial charge on any atom is 0.452 e. The van der Waals surface area contributed by atoms with E-state index in [-0.39, 0.29) is 15.6 Å². The van der Waals surface area contributed by atoms with Crippen LogP contribution in [0.5, 0.6) is 5.75 Å². The van der Waals surface area contributed by atoms with Crippen molar-refractivity contribution in [1.29, 1.82) is 0 Å². The zero-order valence-corrected chi connectivity index (χ0v) is 23.7. The Bertz CT molecular complexity index is 1310. The van der Waals surface area contributed by atoms with Gasteiger partial charge < -0.3 is 25.8 Å². The molecule has 0 aliphatic heterocycles. The summed E-state index contributed by atoms with van der Waals surface area (Å²) in [5.41, 5.74) is -0.899. The molecule has 0 spiro atoms. The second kappa shape index (κ2) is 14.1. The molecule has 0 aliphatic carbocycles. The number of methoxy groups -OCH3 is 1. The fourth-order valence-corrected chi connectivity index (χ4v) is 3.85. The second-order valence-corrected chi connectivity index (χ2v) is 10.0. The molecule has 2 rings (SSSR count). The van der Waals surface area contributed by atoms with Gasteiger partial charge in [0.1, 0.15) is 17.8 Å². The van der Waals surface area contributed by atoms with Crippen LogP contribution in [0.4, 0.5) is 22.0 Å². The molecule has 0 heterocycles. The molecule has 0 aromatic heterocycles. The number of benzene rings is 2. The minimum absolute atomic E-state index is 0.0206. The highest BCUT2D eigenvalue weighted by Gasteiger charge is 2.46. The van der Waals surface area contributed by atoms with E-state index < -0.39 is 71.8 Å². The van der Waals surface area contributed by atoms with Gasteiger partial charge in [-0.3, -0.25) is 19.2 Å². The maximum atomic E-state index is 14.8. The number of carbonyl (C=O) groups excluding carboxylic acids is 4. The van der Waals surface area contributed by atoms with E-state index in [2.05, 4.69) is 5.32 Å². The number of hydrogen-bond acceptors (Lipinski definition) is 6. The van der Waals surface area contributed by atoms with Crippen molar-refractivity contribution in [3.63, 3.8) is 0 Å². The molecule has 230 valence electrons. The summed E-state index contributed by atoms with van der Waals surface area (Å²) in [6.07, 6.45) is -5.28. The van der Waals surface area contributed by atoms with Gasteiger partial charge in [0.25, 0.3) is 11.7 Å². The van der Waals surface area contributed by atoms with Crippen molar-refractivity contribution in [2.24, 2.45) is 5.92 Å². The van der Waals surface area contributed by atoms with Gasteiger partial charge in [-0.25, -0.2) is 0 Å². The number of hydrogen-bond donors (Lipinski definition) is 4. The van der Waals surface area contributed by atoms with Crippen LogP contribution >= 0.6 is 23.2 Å². The van der Waals surface area contributed by atoms with Gasteiger partial charge in [0.2, 0.25) is 11.8 Å². The number of rotatable bonds is 12. The molecule has 0 radical (unpaired) electrons. The number of halogens is 7. The number of alkyl halides is 5. The van der Waals surface area contributed by atoms with E-state index in [1.165, 1.54) is 45.2 Å². The summed E-state index contributed by atoms with van der Waals surface area (Å²) in [5.74, 6) is -11.8. The Balaban J connectivity index is 2.35. The number of aliphatic hydroxyl groups excluding tert-OH is 1. The van der Waals surface area contributed by atoms with Crippen LogP contribution in [-0.4, -0.2) is 60.6 Å². The van der Waals surface area contributed by atoms with Crippen LogP contribution in [0.15, 0.2) is 42.5 Å². The monoisotopic (exact) mass is 641 g/mol. The van der Waals surface area contributed by atoms with E-state index in [9.17, 15) is 46.2 Å². The summed E-state index contributed by atoms with van der Waals surface area (Å²) in [4.78, 5) is 50.5. The molecule has 0 aliphatic rings. The SMILES string of the molecule is COc1ccc(C(NC(=O)C(CO)NC(=O)C(F)(F)c2ccc(Cl)c(Cl)c2)C(=O)NC(C(=O)C(F)(F)F)C(C)C)cc1. The predicted octanol–water partition coefficient (Wildman–Crippen LogP) is 3.70. The third-order valence-electron chi connectivity index (χ3n) is 5.90. The minimum Gasteiger partial charge on any atom is -0.497 e. The number of carbonyl (C=O) groups is 4. The summed E-state index contributed by atoms with van der Waals surface area (Å²) in [6.45, 7) is 1.29. The van der Waals surface area contributed by atoms with E-state index in [4.69, 9.17) is 27.9 Å². The van der Waals surface area contributed by atoms with Gasteiger partial charge in [-0.1, -0.05) is 55.2 Å². The van der Waals surface area contributed by atoms with Crippen LogP contribution in [0.25, 0.3) is 0 Å². The highest BCUT2D eigenvalue weighted by molar-refractivity contribution is 6.42. The van der Waals surface area contributed by atoms with Crippen molar-refractivity contribution >= 4 is 46.7 Å². The highest BCUT2D eigenvalue weighted by Crippen LogP contribution is 2.33. The quantitative estimate of drug-likeness (QED) is 0.261. The first-order valence-corrected chi connectivity index (χ1v) is 12.8. The third-order valence-corrected chi connectivity index (χ3v) is 6.63. The van der Waals surface area contributed by atoms with Crippen LogP contribution in [0, 0.1) is 5.92 Å². The molecule has 4 N–H and O–H groups in total. The van der Waals surface area contributed by atoms with Crippen LogP contribution < -0.4 is 20.7 Å². The van der Waals surface area contributed by atoms with Gasteiger partial charge >= 0.3 is 12.1 Å². The van der Waals surface area contributed by atoms with Crippen LogP contribution in [-0.2, 0) is 25.1 Å². The number of nitrogens with one attached hydrogen (secondary N) is 3. The lowest BCUT2D eigenvalue weighted by molar-refractivity contribution is -0.175. The second-order valence-electron chi connectivity index (χ2n) is 9.22. The molecule has 16 heteroatoms. The molecular formula is C26H26Cl2F5N3O6. The van der Waals surface area contributed by atoms with Crippen molar-refractivity contribution in [3.8, 4) is 5.75 Å². The van der Waals surface area contributed by atoms with E-state index >= 15 is 0 Å². The molecule has 0 saturated carbocycles. The first kappa shape index (κ1) is 34.7. The van der Waals surface area contributed by atoms with Crippen molar-refractivity contribution in [2.75, 3.05) is 13.7 Å². The first-order chi connectivity index (χ1) is 19.4. The summed E-state index contributed by atoms with van der Waals surface area (Å²) >= 11 is 11.5. The van der Waals surface area contributed by atoms with Crippen molar-refractivity contribution in [1.82, 2.24) is 16.0 Å². The fourth-order valence-electron chi connectivity index (χ4n) is 3.55. The van der Waals surface area contributed by atoms with Crippen LogP contribution in [0.3, 0.4) is 0 Å². The van der Waals surface area contributed by atoms with Crippen molar-refractivity contribution in [3.05, 3.63) is 63.6 Å². The van der Waals surface area contributed by atoms with Gasteiger partial charge in [0.15, 0.2) is 0 Å². The first-order valence-electron chi connectivity index (χ1n) is 12.0. The number of amides is 3. The van der Waals surface area contributed by atoms with Crippen LogP contribution in [0.1, 0.15) is 31.0 Å². The third kappa shape index (κ3) is 8.52. The van der Waals surface area contributed by atoms with E-state index in [1.54, 1.807) is 5.32 Å². The molecular weight excluding hydrogens is 616 g/mol. The molecule has 2 aromatic carbocycles. The highest BCUT2D eigenvalue weighted by atomic mass is 35.5. The lowest BCUT2D eigenvalue weighted by Crippen LogP contribution is -2.56. The number of ketones is 1. The molecule has 9 nitrogen and oxygen atoms in total. The molecule has 0 fully saturated rings. The largest absolute Gasteiger partial charge is 0.497 e. The molecule has 3 unspecified atom stereocenters. The van der Waals surface area contributed by atoms with Gasteiger partial charge in [0.05, 0.1) is 29.8 Å². The Morgan fingerprint density at radius 2 is 1.48 bits per heavy atom. The van der Waals surface area contributed by atoms with Crippen molar-refractivity contribution < 1.29 is 51.0 Å². The van der Waals surface area contributed by atoms with E-state index in [0.717, 1.165) is 18.2 Å². The van der Waals surface area contributed by atoms with E-state index in [1.807, 2.05) is 5.32 Å². The Hall–Kier alpha value is -3.49. The average Bonchev–Trinajstić information content (AvgIpc) is 2.93. The van der Waals surface area contributed by atoms with Crippen molar-refractivity contribution in [2.45, 2.75) is 44.1 Å². The number of aliphatic hydroxyl groups is 1. The van der Waals surface area contributed by atoms with Gasteiger partial charge in [0, 0.05) is 5.56 Å². The normalized spacial score (nSPS) is 14.0. The predicted molar refractivity (Wildman–Crippen MR) is 141 cm³/mol. The number of ether oxygens (including phenoxy) is 1. The summed E-state index contributed by atoms with van der Waals surface area (Å²) in [5, 5.41) is 15.1. The Labute approximate surface area is 246 Å². The van der Waals surface area contributed by atoms with Crippen LogP contribution in [0.2, 0.25) is 10.0 Å². The molecule has 3 atom stereocenters.